The molecule has 0 bridgehead atoms. The van der Waals surface area contributed by atoms with Crippen LogP contribution in [0.5, 0.6) is 0 Å². The summed E-state index contributed by atoms with van der Waals surface area (Å²) in [6.07, 6.45) is 0.0120. The number of aromatic nitrogens is 3. The van der Waals surface area contributed by atoms with Crippen molar-refractivity contribution >= 4 is 35.1 Å². The Labute approximate surface area is 147 Å². The third-order valence-electron chi connectivity index (χ3n) is 3.05. The number of halogens is 2. The first-order valence-corrected chi connectivity index (χ1v) is 7.51. The summed E-state index contributed by atoms with van der Waals surface area (Å²) in [6, 6.07) is 3.01. The molecule has 10 heteroatoms. The number of aryl methyl sites for hydroxylation is 1. The molecule has 0 spiro atoms. The molecule has 1 heterocycles. The first kappa shape index (κ1) is 18.2. The van der Waals surface area contributed by atoms with Gasteiger partial charge in [0, 0.05) is 0 Å². The molecule has 2 rings (SSSR count). The van der Waals surface area contributed by atoms with E-state index in [1.54, 1.807) is 6.92 Å². The van der Waals surface area contributed by atoms with Gasteiger partial charge < -0.3 is 15.2 Å². The fourth-order valence-electron chi connectivity index (χ4n) is 1.88. The van der Waals surface area contributed by atoms with E-state index in [2.05, 4.69) is 20.1 Å². The minimum Gasteiger partial charge on any atom is -0.467 e. The highest BCUT2D eigenvalue weighted by atomic mass is 35.5. The number of aliphatic hydroxyl groups excluding tert-OH is 1. The Morgan fingerprint density at radius 2 is 2.00 bits per heavy atom. The van der Waals surface area contributed by atoms with Crippen molar-refractivity contribution in [2.24, 2.45) is 0 Å². The van der Waals surface area contributed by atoms with E-state index >= 15 is 0 Å². The molecule has 24 heavy (non-hydrogen) atoms. The molecule has 1 amide bonds. The Kier molecular flexibility index (Phi) is 5.76. The molecule has 2 N–H and O–H groups in total. The van der Waals surface area contributed by atoms with Gasteiger partial charge in [-0.2, -0.15) is 5.10 Å². The number of hydrogen-bond donors (Lipinski definition) is 2. The summed E-state index contributed by atoms with van der Waals surface area (Å²) in [4.78, 5) is 27.3. The fraction of sp³-hybridized carbons (Fsp3) is 0.286. The van der Waals surface area contributed by atoms with Gasteiger partial charge in [0.15, 0.2) is 6.10 Å². The van der Waals surface area contributed by atoms with Crippen molar-refractivity contribution in [3.05, 3.63) is 39.9 Å². The number of methoxy groups -OCH3 is 1. The van der Waals surface area contributed by atoms with E-state index in [4.69, 9.17) is 23.2 Å². The standard InChI is InChI=1S/C14H14Cl2N4O4/c1-7-18-6-20(19-7)8-3-9(15)12(10(16)4-8)13(22)17-5-11(21)14(23)24-2/h3-4,6,11,21H,5H2,1-2H3,(H,17,22). The third kappa shape index (κ3) is 4.02. The zero-order valence-corrected chi connectivity index (χ0v) is 14.3. The molecule has 0 saturated carbocycles. The summed E-state index contributed by atoms with van der Waals surface area (Å²) in [5, 5.41) is 16.2. The van der Waals surface area contributed by atoms with Gasteiger partial charge in [-0.3, -0.25) is 4.79 Å². The van der Waals surface area contributed by atoms with Crippen LogP contribution in [0.25, 0.3) is 5.69 Å². The molecule has 0 radical (unpaired) electrons. The van der Waals surface area contributed by atoms with Crippen molar-refractivity contribution < 1.29 is 19.4 Å². The molecule has 0 saturated heterocycles. The van der Waals surface area contributed by atoms with E-state index in [0.717, 1.165) is 7.11 Å². The number of ether oxygens (including phenoxy) is 1. The van der Waals surface area contributed by atoms with Crippen LogP contribution in [-0.2, 0) is 9.53 Å². The number of nitrogens with zero attached hydrogens (tertiary/aromatic N) is 3. The largest absolute Gasteiger partial charge is 0.467 e. The Morgan fingerprint density at radius 1 is 1.38 bits per heavy atom. The Morgan fingerprint density at radius 3 is 2.50 bits per heavy atom. The third-order valence-corrected chi connectivity index (χ3v) is 3.65. The highest BCUT2D eigenvalue weighted by Gasteiger charge is 2.20. The highest BCUT2D eigenvalue weighted by Crippen LogP contribution is 2.28. The molecule has 1 aromatic carbocycles. The summed E-state index contributed by atoms with van der Waals surface area (Å²) >= 11 is 12.3. The SMILES string of the molecule is COC(=O)C(O)CNC(=O)c1c(Cl)cc(-n2cnc(C)n2)cc1Cl. The molecule has 1 aromatic heterocycles. The van der Waals surface area contributed by atoms with E-state index in [0.29, 0.717) is 11.5 Å². The maximum Gasteiger partial charge on any atom is 0.336 e. The first-order chi connectivity index (χ1) is 11.3. The van der Waals surface area contributed by atoms with Crippen LogP contribution < -0.4 is 5.32 Å². The second kappa shape index (κ2) is 7.61. The van der Waals surface area contributed by atoms with Crippen molar-refractivity contribution in [1.29, 1.82) is 0 Å². The summed E-state index contributed by atoms with van der Waals surface area (Å²) in [7, 11) is 1.13. The summed E-state index contributed by atoms with van der Waals surface area (Å²) < 4.78 is 5.82. The van der Waals surface area contributed by atoms with Gasteiger partial charge in [0.05, 0.1) is 35.0 Å². The predicted molar refractivity (Wildman–Crippen MR) is 86.5 cm³/mol. The number of nitrogens with one attached hydrogen (secondary N) is 1. The van der Waals surface area contributed by atoms with Gasteiger partial charge in [0.1, 0.15) is 12.2 Å². The quantitative estimate of drug-likeness (QED) is 0.762. The zero-order chi connectivity index (χ0) is 17.9. The van der Waals surface area contributed by atoms with Crippen molar-refractivity contribution in [1.82, 2.24) is 20.1 Å². The van der Waals surface area contributed by atoms with E-state index in [1.165, 1.54) is 23.1 Å². The first-order valence-electron chi connectivity index (χ1n) is 6.75. The van der Waals surface area contributed by atoms with Crippen LogP contribution in [0.1, 0.15) is 16.2 Å². The van der Waals surface area contributed by atoms with Gasteiger partial charge in [0.2, 0.25) is 0 Å². The lowest BCUT2D eigenvalue weighted by molar-refractivity contribution is -0.149. The van der Waals surface area contributed by atoms with Gasteiger partial charge >= 0.3 is 5.97 Å². The lowest BCUT2D eigenvalue weighted by Gasteiger charge is -2.12. The van der Waals surface area contributed by atoms with Crippen LogP contribution in [0.15, 0.2) is 18.5 Å². The Hall–Kier alpha value is -2.16. The number of carbonyl (C=O) groups excluding carboxylic acids is 2. The minimum atomic E-state index is -1.48. The van der Waals surface area contributed by atoms with Crippen molar-refractivity contribution in [2.45, 2.75) is 13.0 Å². The average Bonchev–Trinajstić information content (AvgIpc) is 2.97. The molecule has 1 atom stereocenters. The molecule has 0 aliphatic rings. The maximum absolute atomic E-state index is 12.2. The number of hydrogen-bond acceptors (Lipinski definition) is 6. The lowest BCUT2D eigenvalue weighted by atomic mass is 10.2. The normalized spacial score (nSPS) is 11.9. The molecule has 8 nitrogen and oxygen atoms in total. The predicted octanol–water partition coefficient (Wildman–Crippen LogP) is 1.15. The number of carbonyl (C=O) groups is 2. The second-order valence-electron chi connectivity index (χ2n) is 4.77. The van der Waals surface area contributed by atoms with E-state index in [1.807, 2.05) is 0 Å². The van der Waals surface area contributed by atoms with Gasteiger partial charge in [-0.15, -0.1) is 0 Å². The molecule has 0 fully saturated rings. The van der Waals surface area contributed by atoms with Crippen molar-refractivity contribution in [3.63, 3.8) is 0 Å². The minimum absolute atomic E-state index is 0.0241. The summed E-state index contributed by atoms with van der Waals surface area (Å²) in [5.41, 5.74) is 0.563. The molecule has 2 aromatic rings. The van der Waals surface area contributed by atoms with Crippen LogP contribution in [0.3, 0.4) is 0 Å². The van der Waals surface area contributed by atoms with Crippen LogP contribution in [-0.4, -0.2) is 51.5 Å². The molecule has 0 aliphatic heterocycles. The Balaban J connectivity index is 2.19. The van der Waals surface area contributed by atoms with Gasteiger partial charge in [-0.25, -0.2) is 14.5 Å². The van der Waals surface area contributed by atoms with Crippen LogP contribution in [0, 0.1) is 6.92 Å². The number of benzene rings is 1. The lowest BCUT2D eigenvalue weighted by Crippen LogP contribution is -2.37. The van der Waals surface area contributed by atoms with Crippen LogP contribution >= 0.6 is 23.2 Å². The highest BCUT2D eigenvalue weighted by molar-refractivity contribution is 6.40. The molecule has 128 valence electrons. The van der Waals surface area contributed by atoms with Gasteiger partial charge in [-0.05, 0) is 19.1 Å². The monoisotopic (exact) mass is 372 g/mol. The number of aliphatic hydroxyl groups is 1. The number of rotatable bonds is 5. The molecular formula is C14H14Cl2N4O4. The van der Waals surface area contributed by atoms with Gasteiger partial charge in [0.25, 0.3) is 5.91 Å². The fourth-order valence-corrected chi connectivity index (χ4v) is 2.52. The number of amides is 1. The summed E-state index contributed by atoms with van der Waals surface area (Å²) in [6.45, 7) is 1.40. The molecule has 1 unspecified atom stereocenters. The molecular weight excluding hydrogens is 359 g/mol. The van der Waals surface area contributed by atoms with Crippen LogP contribution in [0.4, 0.5) is 0 Å². The van der Waals surface area contributed by atoms with E-state index in [-0.39, 0.29) is 22.2 Å². The average molecular weight is 373 g/mol. The van der Waals surface area contributed by atoms with E-state index < -0.39 is 18.0 Å². The zero-order valence-electron chi connectivity index (χ0n) is 12.8. The smallest absolute Gasteiger partial charge is 0.336 e. The molecule has 0 aliphatic carbocycles. The Bertz CT molecular complexity index is 755. The number of esters is 1. The van der Waals surface area contributed by atoms with Crippen molar-refractivity contribution in [3.8, 4) is 5.69 Å². The topological polar surface area (TPSA) is 106 Å². The van der Waals surface area contributed by atoms with Crippen molar-refractivity contribution in [2.75, 3.05) is 13.7 Å². The van der Waals surface area contributed by atoms with Crippen LogP contribution in [0.2, 0.25) is 10.0 Å². The van der Waals surface area contributed by atoms with Gasteiger partial charge in [-0.1, -0.05) is 23.2 Å². The maximum atomic E-state index is 12.2. The van der Waals surface area contributed by atoms with E-state index in [9.17, 15) is 14.7 Å². The summed E-state index contributed by atoms with van der Waals surface area (Å²) in [5.74, 6) is -0.917. The second-order valence-corrected chi connectivity index (χ2v) is 5.58.